The molecular weight excluding hydrogens is 149 g/mol. The van der Waals surface area contributed by atoms with Crippen molar-refractivity contribution in [1.82, 2.24) is 0 Å². The normalized spacial score (nSPS) is 7.70. The summed E-state index contributed by atoms with van der Waals surface area (Å²) in [4.78, 5) is 19.8. The van der Waals surface area contributed by atoms with Gasteiger partial charge in [-0.2, -0.15) is 0 Å². The van der Waals surface area contributed by atoms with Gasteiger partial charge < -0.3 is 15.6 Å². The fourth-order valence-electron chi connectivity index (χ4n) is 0.201. The number of esters is 1. The van der Waals surface area contributed by atoms with Crippen LogP contribution in [0.15, 0.2) is 0 Å². The van der Waals surface area contributed by atoms with Gasteiger partial charge in [-0.15, -0.1) is 0 Å². The summed E-state index contributed by atoms with van der Waals surface area (Å²) in [6.07, 6.45) is 0. The van der Waals surface area contributed by atoms with Crippen LogP contribution >= 0.6 is 0 Å². The molecule has 0 atom stereocenters. The molecule has 0 bridgehead atoms. The van der Waals surface area contributed by atoms with E-state index >= 15 is 0 Å². The zero-order valence-corrected chi connectivity index (χ0v) is 4.66. The van der Waals surface area contributed by atoms with Crippen molar-refractivity contribution in [3.8, 4) is 0 Å². The van der Waals surface area contributed by atoms with Gasteiger partial charge in [0.2, 0.25) is 0 Å². The molecule has 0 aromatic rings. The fourth-order valence-corrected chi connectivity index (χ4v) is 0.201. The van der Waals surface area contributed by atoms with Gasteiger partial charge in [-0.3, -0.25) is 4.79 Å². The Morgan fingerprint density at radius 3 is 2.30 bits per heavy atom. The summed E-state index contributed by atoms with van der Waals surface area (Å²) in [6, 6.07) is 0. The summed E-state index contributed by atoms with van der Waals surface area (Å²) in [6.45, 7) is -0.899. The van der Waals surface area contributed by atoms with Gasteiger partial charge in [0.05, 0.1) is 6.54 Å². The molecule has 0 fully saturated rings. The molecule has 0 aliphatic rings. The molecule has 0 radical (unpaired) electrons. The second kappa shape index (κ2) is 7.01. The molecule has 0 saturated heterocycles. The summed E-state index contributed by atoms with van der Waals surface area (Å²) in [5, 5.41) is 7.94. The number of carboxylic acids is 1. The van der Waals surface area contributed by atoms with Gasteiger partial charge >= 0.3 is 41.5 Å². The molecule has 0 saturated carbocycles. The van der Waals surface area contributed by atoms with Crippen molar-refractivity contribution in [2.75, 3.05) is 13.2 Å². The topological polar surface area (TPSA) is 89.6 Å². The van der Waals surface area contributed by atoms with Crippen molar-refractivity contribution >= 4 is 41.5 Å². The van der Waals surface area contributed by atoms with Crippen LogP contribution in [0.4, 0.5) is 0 Å². The number of rotatable bonds is 3. The van der Waals surface area contributed by atoms with Gasteiger partial charge in [-0.1, -0.05) is 0 Å². The van der Waals surface area contributed by atoms with Gasteiger partial charge in [-0.25, -0.2) is 4.79 Å². The first-order chi connectivity index (χ1) is 4.16. The third kappa shape index (κ3) is 7.90. The van der Waals surface area contributed by atoms with Gasteiger partial charge in [-0.05, 0) is 0 Å². The molecule has 0 aliphatic heterocycles. The maximum absolute atomic E-state index is 10.1. The summed E-state index contributed by atoms with van der Waals surface area (Å²) in [5.41, 5.74) is 4.79. The number of hydrogen-bond donors (Lipinski definition) is 2. The standard InChI is InChI=1S/C4H7NO4.Na.H/c5-1-4(8)9-2-3(6)7;;/h1-2,5H2,(H,6,7);;. The molecule has 0 aromatic heterocycles. The molecule has 0 aliphatic carbocycles. The minimum atomic E-state index is -1.18. The van der Waals surface area contributed by atoms with E-state index in [-0.39, 0.29) is 36.1 Å². The number of carboxylic acid groups (broad SMARTS) is 1. The van der Waals surface area contributed by atoms with Gasteiger partial charge in [0.15, 0.2) is 6.61 Å². The van der Waals surface area contributed by atoms with E-state index < -0.39 is 18.5 Å². The second-order valence-corrected chi connectivity index (χ2v) is 1.26. The molecule has 0 amide bonds. The van der Waals surface area contributed by atoms with Crippen LogP contribution < -0.4 is 5.73 Å². The predicted octanol–water partition coefficient (Wildman–Crippen LogP) is -2.08. The predicted molar refractivity (Wildman–Crippen MR) is 34.8 cm³/mol. The third-order valence-corrected chi connectivity index (χ3v) is 0.523. The van der Waals surface area contributed by atoms with E-state index in [2.05, 4.69) is 4.74 Å². The molecule has 5 nitrogen and oxygen atoms in total. The first-order valence-electron chi connectivity index (χ1n) is 2.24. The average Bonchev–Trinajstić information content (AvgIpc) is 1.83. The van der Waals surface area contributed by atoms with E-state index in [4.69, 9.17) is 10.8 Å². The molecule has 0 heterocycles. The number of aliphatic carboxylic acids is 1. The quantitative estimate of drug-likeness (QED) is 0.362. The fraction of sp³-hybridized carbons (Fsp3) is 0.500. The Bertz CT molecular complexity index is 126. The summed E-state index contributed by atoms with van der Waals surface area (Å²) in [5.74, 6) is -1.89. The van der Waals surface area contributed by atoms with Gasteiger partial charge in [0, 0.05) is 0 Å². The van der Waals surface area contributed by atoms with Crippen molar-refractivity contribution in [2.24, 2.45) is 5.73 Å². The average molecular weight is 157 g/mol. The van der Waals surface area contributed by atoms with E-state index in [9.17, 15) is 9.59 Å². The van der Waals surface area contributed by atoms with Crippen molar-refractivity contribution in [1.29, 1.82) is 0 Å². The van der Waals surface area contributed by atoms with Crippen LogP contribution in [-0.2, 0) is 14.3 Å². The van der Waals surface area contributed by atoms with E-state index in [1.54, 1.807) is 0 Å². The van der Waals surface area contributed by atoms with E-state index in [0.29, 0.717) is 0 Å². The number of hydrogen-bond acceptors (Lipinski definition) is 4. The Labute approximate surface area is 79.8 Å². The molecule has 54 valence electrons. The molecule has 10 heavy (non-hydrogen) atoms. The van der Waals surface area contributed by atoms with Gasteiger partial charge in [0.25, 0.3) is 0 Å². The van der Waals surface area contributed by atoms with Crippen molar-refractivity contribution < 1.29 is 19.4 Å². The maximum atomic E-state index is 10.1. The summed E-state index contributed by atoms with van der Waals surface area (Å²) < 4.78 is 4.09. The van der Waals surface area contributed by atoms with Crippen LogP contribution in [0.1, 0.15) is 0 Å². The van der Waals surface area contributed by atoms with Crippen molar-refractivity contribution in [2.45, 2.75) is 0 Å². The van der Waals surface area contributed by atoms with E-state index in [1.165, 1.54) is 0 Å². The second-order valence-electron chi connectivity index (χ2n) is 1.26. The Hall–Kier alpha value is -0.100. The van der Waals surface area contributed by atoms with Crippen molar-refractivity contribution in [3.05, 3.63) is 0 Å². The Balaban J connectivity index is 0. The van der Waals surface area contributed by atoms with Crippen molar-refractivity contribution in [3.63, 3.8) is 0 Å². The first-order valence-corrected chi connectivity index (χ1v) is 2.24. The Kier molecular flexibility index (Phi) is 8.81. The molecule has 0 unspecified atom stereocenters. The molecule has 6 heteroatoms. The van der Waals surface area contributed by atoms with Crippen LogP contribution in [0.25, 0.3) is 0 Å². The van der Waals surface area contributed by atoms with E-state index in [0.717, 1.165) is 0 Å². The van der Waals surface area contributed by atoms with Crippen LogP contribution in [0.2, 0.25) is 0 Å². The number of nitrogens with two attached hydrogens (primary N) is 1. The third-order valence-electron chi connectivity index (χ3n) is 0.523. The molecule has 0 spiro atoms. The number of carbonyl (C=O) groups is 2. The molecule has 3 N–H and O–H groups in total. The van der Waals surface area contributed by atoms with Crippen LogP contribution in [0, 0.1) is 0 Å². The summed E-state index contributed by atoms with van der Waals surface area (Å²) >= 11 is 0. The number of ether oxygens (including phenoxy) is 1. The zero-order valence-electron chi connectivity index (χ0n) is 4.66. The summed E-state index contributed by atoms with van der Waals surface area (Å²) in [7, 11) is 0. The van der Waals surface area contributed by atoms with E-state index in [1.807, 2.05) is 0 Å². The minimum absolute atomic E-state index is 0. The van der Waals surface area contributed by atoms with Crippen LogP contribution in [0.3, 0.4) is 0 Å². The molecule has 0 rings (SSSR count). The monoisotopic (exact) mass is 157 g/mol. The molecule has 0 aromatic carbocycles. The Morgan fingerprint density at radius 2 is 2.00 bits per heavy atom. The van der Waals surface area contributed by atoms with Gasteiger partial charge in [0.1, 0.15) is 0 Å². The SMILES string of the molecule is NCC(=O)OCC(=O)O.[NaH]. The first kappa shape index (κ1) is 12.6. The number of carbonyl (C=O) groups excluding carboxylic acids is 1. The molecular formula is C4H8NNaO4. The Morgan fingerprint density at radius 1 is 1.50 bits per heavy atom. The van der Waals surface area contributed by atoms with Crippen LogP contribution in [0.5, 0.6) is 0 Å². The zero-order chi connectivity index (χ0) is 7.28. The van der Waals surface area contributed by atoms with Crippen LogP contribution in [-0.4, -0.2) is 59.8 Å².